The topological polar surface area (TPSA) is 18.5 Å². The summed E-state index contributed by atoms with van der Waals surface area (Å²) in [5.74, 6) is 0. The van der Waals surface area contributed by atoms with Crippen LogP contribution >= 0.6 is 0 Å². The predicted octanol–water partition coefficient (Wildman–Crippen LogP) is 6.38. The van der Waals surface area contributed by atoms with Gasteiger partial charge in [0.05, 0.1) is 0 Å². The van der Waals surface area contributed by atoms with E-state index in [0.717, 1.165) is 25.0 Å². The Morgan fingerprint density at radius 3 is 1.67 bits per heavy atom. The molecule has 30 heavy (non-hydrogen) atoms. The van der Waals surface area contributed by atoms with E-state index in [9.17, 15) is 0 Å². The molecule has 0 fully saturated rings. The van der Waals surface area contributed by atoms with Crippen LogP contribution in [-0.2, 0) is 8.85 Å². The van der Waals surface area contributed by atoms with Crippen molar-refractivity contribution in [3.05, 3.63) is 72.8 Å². The molecule has 2 nitrogen and oxygen atoms in total. The molecule has 0 aliphatic rings. The molecular formula is C27H40O2Si. The molecule has 2 aromatic carbocycles. The second kappa shape index (κ2) is 14.3. The molecule has 0 bridgehead atoms. The summed E-state index contributed by atoms with van der Waals surface area (Å²) in [5.41, 5.74) is 1.14. The lowest BCUT2D eigenvalue weighted by atomic mass is 10.1. The number of hydrogen-bond donors (Lipinski definition) is 0. The standard InChI is InChI=1S/C27H40O2Si/c1-4-5-6-7-8-9-10-17-23-28-30(29-24-22-25(2)3,26-18-13-11-14-19-26)27-20-15-12-16-21-27/h11-16,18-21H,2,4-10,17,22-24H2,1,3H3. The number of hydrogen-bond acceptors (Lipinski definition) is 2. The van der Waals surface area contributed by atoms with Crippen LogP contribution in [0.1, 0.15) is 71.6 Å². The zero-order valence-corrected chi connectivity index (χ0v) is 20.1. The summed E-state index contributed by atoms with van der Waals surface area (Å²) in [4.78, 5) is 0. The Kier molecular flexibility index (Phi) is 11.8. The summed E-state index contributed by atoms with van der Waals surface area (Å²) in [7, 11) is -2.74. The van der Waals surface area contributed by atoms with Crippen molar-refractivity contribution in [2.24, 2.45) is 0 Å². The molecule has 0 aliphatic heterocycles. The summed E-state index contributed by atoms with van der Waals surface area (Å²) in [6.07, 6.45) is 11.2. The van der Waals surface area contributed by atoms with Crippen LogP contribution in [0.3, 0.4) is 0 Å². The Labute approximate surface area is 185 Å². The first-order chi connectivity index (χ1) is 14.7. The van der Waals surface area contributed by atoms with Gasteiger partial charge in [0.25, 0.3) is 0 Å². The van der Waals surface area contributed by atoms with Crippen LogP contribution in [0, 0.1) is 0 Å². The van der Waals surface area contributed by atoms with Gasteiger partial charge >= 0.3 is 8.56 Å². The van der Waals surface area contributed by atoms with Crippen molar-refractivity contribution >= 4 is 18.9 Å². The average molecular weight is 425 g/mol. The Morgan fingerprint density at radius 1 is 0.700 bits per heavy atom. The largest absolute Gasteiger partial charge is 0.407 e. The second-order valence-electron chi connectivity index (χ2n) is 8.23. The molecule has 0 spiro atoms. The first-order valence-corrected chi connectivity index (χ1v) is 13.5. The van der Waals surface area contributed by atoms with Crippen molar-refractivity contribution in [1.29, 1.82) is 0 Å². The normalized spacial score (nSPS) is 11.5. The van der Waals surface area contributed by atoms with E-state index in [0.29, 0.717) is 6.61 Å². The van der Waals surface area contributed by atoms with Crippen LogP contribution < -0.4 is 10.4 Å². The van der Waals surface area contributed by atoms with Crippen molar-refractivity contribution in [1.82, 2.24) is 0 Å². The zero-order chi connectivity index (χ0) is 21.5. The molecule has 0 aromatic heterocycles. The molecule has 0 aliphatic carbocycles. The molecule has 0 saturated carbocycles. The van der Waals surface area contributed by atoms with Crippen molar-refractivity contribution in [2.45, 2.75) is 71.6 Å². The highest BCUT2D eigenvalue weighted by molar-refractivity contribution is 6.92. The highest BCUT2D eigenvalue weighted by Gasteiger charge is 2.42. The maximum absolute atomic E-state index is 6.72. The molecule has 0 unspecified atom stereocenters. The minimum absolute atomic E-state index is 0.642. The van der Waals surface area contributed by atoms with Gasteiger partial charge in [-0.15, -0.1) is 6.58 Å². The van der Waals surface area contributed by atoms with Gasteiger partial charge < -0.3 is 8.85 Å². The zero-order valence-electron chi connectivity index (χ0n) is 19.1. The summed E-state index contributed by atoms with van der Waals surface area (Å²) >= 11 is 0. The van der Waals surface area contributed by atoms with E-state index in [-0.39, 0.29) is 0 Å². The first-order valence-electron chi connectivity index (χ1n) is 11.7. The van der Waals surface area contributed by atoms with Crippen molar-refractivity contribution in [3.63, 3.8) is 0 Å². The van der Waals surface area contributed by atoms with Gasteiger partial charge in [-0.1, -0.05) is 118 Å². The van der Waals surface area contributed by atoms with E-state index in [1.807, 2.05) is 0 Å². The third-order valence-corrected chi connectivity index (χ3v) is 8.85. The highest BCUT2D eigenvalue weighted by atomic mass is 28.4. The molecular weight excluding hydrogens is 384 g/mol. The van der Waals surface area contributed by atoms with Crippen LogP contribution in [0.5, 0.6) is 0 Å². The fourth-order valence-corrected chi connectivity index (χ4v) is 6.84. The van der Waals surface area contributed by atoms with E-state index in [2.05, 4.69) is 81.1 Å². The lowest BCUT2D eigenvalue weighted by Gasteiger charge is -2.31. The minimum Gasteiger partial charge on any atom is -0.388 e. The van der Waals surface area contributed by atoms with Crippen molar-refractivity contribution in [3.8, 4) is 0 Å². The third-order valence-electron chi connectivity index (χ3n) is 5.45. The Balaban J connectivity index is 2.05. The van der Waals surface area contributed by atoms with Gasteiger partial charge in [0.15, 0.2) is 0 Å². The van der Waals surface area contributed by atoms with Crippen LogP contribution in [0.4, 0.5) is 0 Å². The van der Waals surface area contributed by atoms with Gasteiger partial charge in [-0.2, -0.15) is 0 Å². The molecule has 0 heterocycles. The number of unbranched alkanes of at least 4 members (excludes halogenated alkanes) is 7. The average Bonchev–Trinajstić information content (AvgIpc) is 2.78. The van der Waals surface area contributed by atoms with Crippen LogP contribution in [0.2, 0.25) is 0 Å². The van der Waals surface area contributed by atoms with E-state index in [4.69, 9.17) is 8.85 Å². The Hall–Kier alpha value is -1.68. The summed E-state index contributed by atoms with van der Waals surface area (Å²) in [6, 6.07) is 21.1. The molecule has 0 saturated heterocycles. The summed E-state index contributed by atoms with van der Waals surface area (Å²) in [6.45, 7) is 9.75. The summed E-state index contributed by atoms with van der Waals surface area (Å²) in [5, 5.41) is 2.36. The molecule has 2 rings (SSSR count). The monoisotopic (exact) mass is 424 g/mol. The maximum atomic E-state index is 6.72. The SMILES string of the molecule is C=C(C)CCO[Si](OCCCCCCCCCC)(c1ccccc1)c1ccccc1. The Bertz CT molecular complexity index is 660. The molecule has 0 amide bonds. The minimum atomic E-state index is -2.74. The number of rotatable bonds is 16. The van der Waals surface area contributed by atoms with E-state index < -0.39 is 8.56 Å². The van der Waals surface area contributed by atoms with E-state index in [1.165, 1.54) is 55.3 Å². The van der Waals surface area contributed by atoms with Crippen LogP contribution in [-0.4, -0.2) is 21.8 Å². The van der Waals surface area contributed by atoms with E-state index >= 15 is 0 Å². The van der Waals surface area contributed by atoms with Crippen LogP contribution in [0.25, 0.3) is 0 Å². The van der Waals surface area contributed by atoms with Gasteiger partial charge in [0.2, 0.25) is 0 Å². The fourth-order valence-electron chi connectivity index (χ4n) is 3.68. The van der Waals surface area contributed by atoms with Gasteiger partial charge in [-0.3, -0.25) is 0 Å². The molecule has 164 valence electrons. The third kappa shape index (κ3) is 8.21. The van der Waals surface area contributed by atoms with Crippen molar-refractivity contribution < 1.29 is 8.85 Å². The smallest absolute Gasteiger partial charge is 0.388 e. The van der Waals surface area contributed by atoms with Gasteiger partial charge in [-0.25, -0.2) is 0 Å². The predicted molar refractivity (Wildman–Crippen MR) is 132 cm³/mol. The molecule has 0 N–H and O–H groups in total. The lowest BCUT2D eigenvalue weighted by molar-refractivity contribution is 0.189. The summed E-state index contributed by atoms with van der Waals surface area (Å²) < 4.78 is 13.4. The Morgan fingerprint density at radius 2 is 1.17 bits per heavy atom. The number of benzene rings is 2. The van der Waals surface area contributed by atoms with Gasteiger partial charge in [-0.05, 0) is 30.1 Å². The molecule has 0 atom stereocenters. The molecule has 0 radical (unpaired) electrons. The molecule has 2 aromatic rings. The van der Waals surface area contributed by atoms with Gasteiger partial charge in [0.1, 0.15) is 0 Å². The van der Waals surface area contributed by atoms with Crippen molar-refractivity contribution in [2.75, 3.05) is 13.2 Å². The maximum Gasteiger partial charge on any atom is 0.407 e. The van der Waals surface area contributed by atoms with E-state index in [1.54, 1.807) is 0 Å². The quantitative estimate of drug-likeness (QED) is 0.177. The molecule has 3 heteroatoms. The van der Waals surface area contributed by atoms with Gasteiger partial charge in [0, 0.05) is 13.2 Å². The second-order valence-corrected chi connectivity index (χ2v) is 11.2. The first kappa shape index (κ1) is 24.6. The highest BCUT2D eigenvalue weighted by Crippen LogP contribution is 2.14. The lowest BCUT2D eigenvalue weighted by Crippen LogP contribution is -2.63. The van der Waals surface area contributed by atoms with Crippen LogP contribution in [0.15, 0.2) is 72.8 Å². The fraction of sp³-hybridized carbons (Fsp3) is 0.481.